The van der Waals surface area contributed by atoms with Gasteiger partial charge in [-0.2, -0.15) is 0 Å². The summed E-state index contributed by atoms with van der Waals surface area (Å²) >= 11 is 0. The molecule has 19 heavy (non-hydrogen) atoms. The molecule has 2 aromatic carbocycles. The van der Waals surface area contributed by atoms with E-state index in [0.29, 0.717) is 5.92 Å². The molecule has 0 saturated heterocycles. The molecule has 0 aliphatic carbocycles. The van der Waals surface area contributed by atoms with Crippen LogP contribution in [0.4, 0.5) is 0 Å². The van der Waals surface area contributed by atoms with E-state index in [0.717, 1.165) is 6.42 Å². The molecule has 1 heteroatoms. The first-order valence-corrected chi connectivity index (χ1v) is 6.71. The Hall–Kier alpha value is -2.02. The van der Waals surface area contributed by atoms with Crippen LogP contribution in [0.15, 0.2) is 54.7 Å². The third-order valence-electron chi connectivity index (χ3n) is 3.60. The Morgan fingerprint density at radius 3 is 2.79 bits per heavy atom. The Morgan fingerprint density at radius 1 is 1.11 bits per heavy atom. The standard InChI is InChI=1S/C18H18N/c1-13(2)17-6-4-3-5-15(17)11-14-7-8-18-16(12-14)9-10-19-18/h3-10,12-13,19H,1,11H2,2H3/t13-/m0/s1. The molecule has 95 valence electrons. The van der Waals surface area contributed by atoms with Gasteiger partial charge in [-0.05, 0) is 59.5 Å². The summed E-state index contributed by atoms with van der Waals surface area (Å²) in [7, 11) is 0. The van der Waals surface area contributed by atoms with E-state index in [9.17, 15) is 0 Å². The summed E-state index contributed by atoms with van der Waals surface area (Å²) in [5.41, 5.74) is 5.26. The molecule has 0 unspecified atom stereocenters. The van der Waals surface area contributed by atoms with Gasteiger partial charge >= 0.3 is 0 Å². The quantitative estimate of drug-likeness (QED) is 0.691. The van der Waals surface area contributed by atoms with Crippen LogP contribution in [0.3, 0.4) is 0 Å². The highest BCUT2D eigenvalue weighted by Gasteiger charge is 2.07. The lowest BCUT2D eigenvalue weighted by atomic mass is 9.93. The fraction of sp³-hybridized carbons (Fsp3) is 0.167. The van der Waals surface area contributed by atoms with Gasteiger partial charge in [0.2, 0.25) is 0 Å². The van der Waals surface area contributed by atoms with Gasteiger partial charge in [-0.25, -0.2) is 0 Å². The summed E-state index contributed by atoms with van der Waals surface area (Å²) in [5, 5.41) is 1.28. The molecule has 1 aromatic heterocycles. The van der Waals surface area contributed by atoms with Gasteiger partial charge in [0.25, 0.3) is 0 Å². The van der Waals surface area contributed by atoms with E-state index in [4.69, 9.17) is 0 Å². The maximum Gasteiger partial charge on any atom is 0.0454 e. The smallest absolute Gasteiger partial charge is 0.0454 e. The molecule has 1 atom stereocenters. The predicted octanol–water partition coefficient (Wildman–Crippen LogP) is 4.70. The lowest BCUT2D eigenvalue weighted by Crippen LogP contribution is -1.97. The van der Waals surface area contributed by atoms with Crippen LogP contribution in [-0.4, -0.2) is 4.98 Å². The first-order valence-electron chi connectivity index (χ1n) is 6.71. The van der Waals surface area contributed by atoms with Crippen molar-refractivity contribution in [3.63, 3.8) is 0 Å². The van der Waals surface area contributed by atoms with Crippen molar-refractivity contribution in [1.82, 2.24) is 4.98 Å². The van der Waals surface area contributed by atoms with Crippen molar-refractivity contribution in [3.05, 3.63) is 78.3 Å². The summed E-state index contributed by atoms with van der Waals surface area (Å²) in [5.74, 6) is 0.326. The average molecular weight is 248 g/mol. The predicted molar refractivity (Wildman–Crippen MR) is 81.3 cm³/mol. The molecule has 1 radical (unpaired) electrons. The topological polar surface area (TPSA) is 15.8 Å². The first kappa shape index (κ1) is 12.0. The molecule has 0 bridgehead atoms. The minimum atomic E-state index is 0.326. The Morgan fingerprint density at radius 2 is 1.95 bits per heavy atom. The Bertz CT molecular complexity index is 691. The van der Waals surface area contributed by atoms with E-state index < -0.39 is 0 Å². The maximum absolute atomic E-state index is 4.15. The second kappa shape index (κ2) is 4.93. The molecule has 0 amide bonds. The van der Waals surface area contributed by atoms with Crippen LogP contribution in [0.5, 0.6) is 0 Å². The summed E-state index contributed by atoms with van der Waals surface area (Å²) < 4.78 is 0. The zero-order valence-electron chi connectivity index (χ0n) is 11.2. The fourth-order valence-corrected chi connectivity index (χ4v) is 2.61. The maximum atomic E-state index is 4.15. The van der Waals surface area contributed by atoms with Gasteiger partial charge in [-0.1, -0.05) is 37.3 Å². The molecule has 0 fully saturated rings. The normalized spacial score (nSPS) is 11.3. The van der Waals surface area contributed by atoms with Crippen LogP contribution in [0.2, 0.25) is 0 Å². The number of aromatic nitrogens is 1. The average Bonchev–Trinajstić information content (AvgIpc) is 2.86. The van der Waals surface area contributed by atoms with E-state index in [1.165, 1.54) is 27.6 Å². The first-order chi connectivity index (χ1) is 9.24. The highest BCUT2D eigenvalue weighted by atomic mass is 14.7. The molecular formula is C18H18N. The SMILES string of the molecule is [CH2][C@@H](C)c1ccccc1Cc1ccc2[nH]ccc2c1. The molecule has 3 rings (SSSR count). The molecule has 0 aliphatic heterocycles. The number of fused-ring (bicyclic) bond motifs is 1. The molecule has 3 aromatic rings. The number of H-pyrrole nitrogens is 1. The monoisotopic (exact) mass is 248 g/mol. The number of rotatable bonds is 3. The van der Waals surface area contributed by atoms with E-state index in [2.05, 4.69) is 67.4 Å². The molecule has 1 nitrogen and oxygen atoms in total. The fourth-order valence-electron chi connectivity index (χ4n) is 2.61. The lowest BCUT2D eigenvalue weighted by molar-refractivity contribution is 0.934. The van der Waals surface area contributed by atoms with Gasteiger partial charge < -0.3 is 4.98 Å². The van der Waals surface area contributed by atoms with Crippen LogP contribution in [0.1, 0.15) is 29.5 Å². The molecular weight excluding hydrogens is 230 g/mol. The summed E-state index contributed by atoms with van der Waals surface area (Å²) in [4.78, 5) is 3.23. The number of aromatic amines is 1. The van der Waals surface area contributed by atoms with Crippen molar-refractivity contribution in [2.75, 3.05) is 0 Å². The number of benzene rings is 2. The van der Waals surface area contributed by atoms with Crippen LogP contribution < -0.4 is 0 Å². The van der Waals surface area contributed by atoms with E-state index in [-0.39, 0.29) is 0 Å². The molecule has 0 aliphatic rings. The van der Waals surface area contributed by atoms with Crippen molar-refractivity contribution in [1.29, 1.82) is 0 Å². The molecule has 0 spiro atoms. The van der Waals surface area contributed by atoms with E-state index >= 15 is 0 Å². The van der Waals surface area contributed by atoms with Gasteiger partial charge in [0, 0.05) is 11.7 Å². The highest BCUT2D eigenvalue weighted by Crippen LogP contribution is 2.23. The van der Waals surface area contributed by atoms with Crippen molar-refractivity contribution in [3.8, 4) is 0 Å². The Kier molecular flexibility index (Phi) is 3.12. The van der Waals surface area contributed by atoms with Gasteiger partial charge in [-0.3, -0.25) is 0 Å². The third kappa shape index (κ3) is 2.41. The summed E-state index contributed by atoms with van der Waals surface area (Å²) in [6.45, 7) is 6.29. The van der Waals surface area contributed by atoms with Crippen molar-refractivity contribution >= 4 is 10.9 Å². The largest absolute Gasteiger partial charge is 0.361 e. The van der Waals surface area contributed by atoms with Gasteiger partial charge in [-0.15, -0.1) is 0 Å². The molecule has 0 saturated carbocycles. The molecule has 1 heterocycles. The minimum Gasteiger partial charge on any atom is -0.361 e. The summed E-state index contributed by atoms with van der Waals surface area (Å²) in [6.07, 6.45) is 2.96. The zero-order valence-corrected chi connectivity index (χ0v) is 11.2. The lowest BCUT2D eigenvalue weighted by Gasteiger charge is -2.12. The zero-order chi connectivity index (χ0) is 13.2. The van der Waals surface area contributed by atoms with Gasteiger partial charge in [0.05, 0.1) is 0 Å². The minimum absolute atomic E-state index is 0.326. The summed E-state index contributed by atoms with van der Waals surface area (Å²) in [6, 6.07) is 17.3. The van der Waals surface area contributed by atoms with Crippen molar-refractivity contribution < 1.29 is 0 Å². The Balaban J connectivity index is 1.96. The number of nitrogens with one attached hydrogen (secondary N) is 1. The van der Waals surface area contributed by atoms with Gasteiger partial charge in [0.1, 0.15) is 0 Å². The van der Waals surface area contributed by atoms with Crippen LogP contribution in [-0.2, 0) is 6.42 Å². The number of hydrogen-bond donors (Lipinski definition) is 1. The molecule has 1 N–H and O–H groups in total. The van der Waals surface area contributed by atoms with E-state index in [1.807, 2.05) is 6.20 Å². The van der Waals surface area contributed by atoms with Crippen LogP contribution in [0.25, 0.3) is 10.9 Å². The second-order valence-corrected chi connectivity index (χ2v) is 5.18. The van der Waals surface area contributed by atoms with E-state index in [1.54, 1.807) is 0 Å². The van der Waals surface area contributed by atoms with Crippen LogP contribution >= 0.6 is 0 Å². The second-order valence-electron chi connectivity index (χ2n) is 5.18. The van der Waals surface area contributed by atoms with Crippen molar-refractivity contribution in [2.24, 2.45) is 0 Å². The number of hydrogen-bond acceptors (Lipinski definition) is 0. The highest BCUT2D eigenvalue weighted by molar-refractivity contribution is 5.80. The van der Waals surface area contributed by atoms with Crippen molar-refractivity contribution in [2.45, 2.75) is 19.3 Å². The third-order valence-corrected chi connectivity index (χ3v) is 3.60. The van der Waals surface area contributed by atoms with Crippen LogP contribution in [0, 0.1) is 6.92 Å². The Labute approximate surface area is 114 Å². The van der Waals surface area contributed by atoms with Gasteiger partial charge in [0.15, 0.2) is 0 Å².